The molecule has 5 aromatic rings. The molecule has 9 nitrogen and oxygen atoms in total. The topological polar surface area (TPSA) is 118 Å². The summed E-state index contributed by atoms with van der Waals surface area (Å²) in [6, 6.07) is 18.3. The van der Waals surface area contributed by atoms with Crippen molar-refractivity contribution in [3.05, 3.63) is 78.2 Å². The van der Waals surface area contributed by atoms with E-state index < -0.39 is 6.10 Å². The number of aromatic hydroxyl groups is 1. The molecule has 9 heteroatoms. The normalized spacial score (nSPS) is 12.0. The standard InChI is InChI=1S/C26H24N6O3/c1-15-7-11-23(31-30-15)28-17-8-10-21-20(13-17)27-14-32(21)24-12-9-18(16(2)33)25(29-24)19-5-4-6-22(34)26(19)35-3/h4-14,16,33-34H,1-3H3,(H,28,31). The third kappa shape index (κ3) is 4.24. The number of aliphatic hydroxyl groups excluding tert-OH is 1. The van der Waals surface area contributed by atoms with E-state index in [0.29, 0.717) is 34.2 Å². The Morgan fingerprint density at radius 2 is 1.89 bits per heavy atom. The maximum atomic E-state index is 10.4. The van der Waals surface area contributed by atoms with E-state index >= 15 is 0 Å². The second-order valence-corrected chi connectivity index (χ2v) is 8.14. The van der Waals surface area contributed by atoms with Crippen LogP contribution in [0.5, 0.6) is 11.5 Å². The molecule has 0 fully saturated rings. The number of phenolic OH excluding ortho intramolecular Hbond substituents is 1. The zero-order chi connectivity index (χ0) is 24.5. The van der Waals surface area contributed by atoms with Crippen LogP contribution < -0.4 is 10.1 Å². The van der Waals surface area contributed by atoms with Gasteiger partial charge in [-0.05, 0) is 62.4 Å². The molecule has 2 aromatic carbocycles. The van der Waals surface area contributed by atoms with Crippen LogP contribution in [0.25, 0.3) is 28.1 Å². The van der Waals surface area contributed by atoms with Gasteiger partial charge in [0.15, 0.2) is 17.3 Å². The van der Waals surface area contributed by atoms with Gasteiger partial charge in [0.2, 0.25) is 0 Å². The number of imidazole rings is 1. The van der Waals surface area contributed by atoms with Crippen molar-refractivity contribution in [1.29, 1.82) is 0 Å². The summed E-state index contributed by atoms with van der Waals surface area (Å²) in [4.78, 5) is 9.39. The summed E-state index contributed by atoms with van der Waals surface area (Å²) >= 11 is 0. The molecule has 0 radical (unpaired) electrons. The summed E-state index contributed by atoms with van der Waals surface area (Å²) in [5.41, 5.74) is 5.03. The number of aromatic nitrogens is 5. The smallest absolute Gasteiger partial charge is 0.169 e. The lowest BCUT2D eigenvalue weighted by Crippen LogP contribution is -2.04. The first-order valence-corrected chi connectivity index (χ1v) is 11.0. The van der Waals surface area contributed by atoms with Crippen molar-refractivity contribution in [3.63, 3.8) is 0 Å². The van der Waals surface area contributed by atoms with Crippen LogP contribution in [0.15, 0.2) is 67.0 Å². The fraction of sp³-hybridized carbons (Fsp3) is 0.154. The highest BCUT2D eigenvalue weighted by atomic mass is 16.5. The van der Waals surface area contributed by atoms with Gasteiger partial charge in [0.05, 0.1) is 35.6 Å². The Hall–Kier alpha value is -4.50. The Bertz CT molecular complexity index is 1510. The Morgan fingerprint density at radius 1 is 1.03 bits per heavy atom. The predicted molar refractivity (Wildman–Crippen MR) is 133 cm³/mol. The Labute approximate surface area is 201 Å². The molecule has 0 saturated heterocycles. The predicted octanol–water partition coefficient (Wildman–Crippen LogP) is 4.70. The number of hydrogen-bond donors (Lipinski definition) is 3. The minimum Gasteiger partial charge on any atom is -0.504 e. The van der Waals surface area contributed by atoms with Crippen LogP contribution in [0.4, 0.5) is 11.5 Å². The Morgan fingerprint density at radius 3 is 2.63 bits per heavy atom. The van der Waals surface area contributed by atoms with Crippen molar-refractivity contribution in [1.82, 2.24) is 24.7 Å². The van der Waals surface area contributed by atoms with E-state index in [0.717, 1.165) is 22.4 Å². The first-order chi connectivity index (χ1) is 16.9. The number of rotatable bonds is 6. The van der Waals surface area contributed by atoms with Crippen LogP contribution in [0, 0.1) is 6.92 Å². The van der Waals surface area contributed by atoms with E-state index in [1.54, 1.807) is 31.5 Å². The summed E-state index contributed by atoms with van der Waals surface area (Å²) in [5, 5.41) is 32.1. The van der Waals surface area contributed by atoms with Crippen LogP contribution in [0.2, 0.25) is 0 Å². The monoisotopic (exact) mass is 468 g/mol. The minimum atomic E-state index is -0.767. The molecule has 1 unspecified atom stereocenters. The SMILES string of the molecule is COc1c(O)cccc1-c1nc(-n2cnc3cc(Nc4ccc(C)nn4)ccc32)ccc1C(C)O. The van der Waals surface area contributed by atoms with Crippen molar-refractivity contribution < 1.29 is 14.9 Å². The number of pyridine rings is 1. The average molecular weight is 469 g/mol. The van der Waals surface area contributed by atoms with E-state index in [4.69, 9.17) is 9.72 Å². The molecule has 0 aliphatic rings. The van der Waals surface area contributed by atoms with E-state index in [-0.39, 0.29) is 5.75 Å². The van der Waals surface area contributed by atoms with Gasteiger partial charge in [0.1, 0.15) is 12.1 Å². The number of nitrogens with zero attached hydrogens (tertiary/aromatic N) is 5. The molecular weight excluding hydrogens is 444 g/mol. The second kappa shape index (κ2) is 9.03. The highest BCUT2D eigenvalue weighted by Gasteiger charge is 2.19. The lowest BCUT2D eigenvalue weighted by atomic mass is 10.0. The number of benzene rings is 2. The zero-order valence-electron chi connectivity index (χ0n) is 19.5. The zero-order valence-corrected chi connectivity index (χ0v) is 19.5. The maximum Gasteiger partial charge on any atom is 0.169 e. The summed E-state index contributed by atoms with van der Waals surface area (Å²) in [7, 11) is 1.49. The van der Waals surface area contributed by atoms with Gasteiger partial charge in [0.25, 0.3) is 0 Å². The number of fused-ring (bicyclic) bond motifs is 1. The quantitative estimate of drug-likeness (QED) is 0.328. The average Bonchev–Trinajstić information content (AvgIpc) is 3.28. The number of phenols is 1. The number of aryl methyl sites for hydroxylation is 1. The maximum absolute atomic E-state index is 10.4. The minimum absolute atomic E-state index is 0.000113. The van der Waals surface area contributed by atoms with Gasteiger partial charge in [-0.3, -0.25) is 4.57 Å². The Balaban J connectivity index is 1.56. The molecule has 35 heavy (non-hydrogen) atoms. The third-order valence-corrected chi connectivity index (χ3v) is 5.68. The largest absolute Gasteiger partial charge is 0.504 e. The molecule has 0 bridgehead atoms. The van der Waals surface area contributed by atoms with Gasteiger partial charge < -0.3 is 20.3 Å². The van der Waals surface area contributed by atoms with Crippen molar-refractivity contribution in [2.24, 2.45) is 0 Å². The summed E-state index contributed by atoms with van der Waals surface area (Å²) < 4.78 is 7.30. The van der Waals surface area contributed by atoms with Gasteiger partial charge in [0, 0.05) is 16.8 Å². The fourth-order valence-electron chi connectivity index (χ4n) is 3.96. The van der Waals surface area contributed by atoms with Crippen LogP contribution in [-0.2, 0) is 0 Å². The summed E-state index contributed by atoms with van der Waals surface area (Å²) in [6.07, 6.45) is 0.935. The van der Waals surface area contributed by atoms with E-state index in [9.17, 15) is 10.2 Å². The van der Waals surface area contributed by atoms with Crippen LogP contribution in [0.3, 0.4) is 0 Å². The first-order valence-electron chi connectivity index (χ1n) is 11.0. The molecule has 3 N–H and O–H groups in total. The molecule has 0 aliphatic carbocycles. The van der Waals surface area contributed by atoms with Crippen molar-refractivity contribution >= 4 is 22.5 Å². The second-order valence-electron chi connectivity index (χ2n) is 8.14. The van der Waals surface area contributed by atoms with E-state index in [2.05, 4.69) is 20.5 Å². The van der Waals surface area contributed by atoms with Crippen LogP contribution in [0.1, 0.15) is 24.3 Å². The van der Waals surface area contributed by atoms with Crippen LogP contribution >= 0.6 is 0 Å². The van der Waals surface area contributed by atoms with Crippen molar-refractivity contribution in [2.45, 2.75) is 20.0 Å². The van der Waals surface area contributed by atoms with Gasteiger partial charge in [-0.15, -0.1) is 5.10 Å². The molecule has 0 spiro atoms. The molecule has 0 amide bonds. The molecule has 3 heterocycles. The number of methoxy groups -OCH3 is 1. The number of para-hydroxylation sites is 1. The molecule has 176 valence electrons. The number of nitrogens with one attached hydrogen (secondary N) is 1. The van der Waals surface area contributed by atoms with E-state index in [1.165, 1.54) is 7.11 Å². The number of anilines is 2. The third-order valence-electron chi connectivity index (χ3n) is 5.68. The van der Waals surface area contributed by atoms with E-state index in [1.807, 2.05) is 54.0 Å². The highest BCUT2D eigenvalue weighted by Crippen LogP contribution is 2.39. The number of aliphatic hydroxyl groups is 1. The molecule has 1 atom stereocenters. The van der Waals surface area contributed by atoms with Crippen LogP contribution in [-0.4, -0.2) is 42.1 Å². The molecule has 3 aromatic heterocycles. The molecular formula is C26H24N6O3. The number of hydrogen-bond acceptors (Lipinski definition) is 8. The highest BCUT2D eigenvalue weighted by molar-refractivity contribution is 5.82. The van der Waals surface area contributed by atoms with Gasteiger partial charge >= 0.3 is 0 Å². The fourth-order valence-corrected chi connectivity index (χ4v) is 3.96. The van der Waals surface area contributed by atoms with Gasteiger partial charge in [-0.25, -0.2) is 9.97 Å². The lowest BCUT2D eigenvalue weighted by Gasteiger charge is -2.16. The van der Waals surface area contributed by atoms with Crippen molar-refractivity contribution in [3.8, 4) is 28.6 Å². The van der Waals surface area contributed by atoms with Gasteiger partial charge in [-0.2, -0.15) is 5.10 Å². The lowest BCUT2D eigenvalue weighted by molar-refractivity contribution is 0.199. The van der Waals surface area contributed by atoms with Gasteiger partial charge in [-0.1, -0.05) is 12.1 Å². The summed E-state index contributed by atoms with van der Waals surface area (Å²) in [6.45, 7) is 3.56. The number of ether oxygens (including phenoxy) is 1. The summed E-state index contributed by atoms with van der Waals surface area (Å²) in [5.74, 6) is 1.56. The Kier molecular flexibility index (Phi) is 5.76. The molecule has 5 rings (SSSR count). The van der Waals surface area contributed by atoms with Crippen molar-refractivity contribution in [2.75, 3.05) is 12.4 Å². The first kappa shape index (κ1) is 22.3. The molecule has 0 saturated carbocycles. The molecule has 0 aliphatic heterocycles.